The predicted octanol–water partition coefficient (Wildman–Crippen LogP) is 5.13. The van der Waals surface area contributed by atoms with Crippen molar-refractivity contribution in [2.75, 3.05) is 6.54 Å². The number of hydrogen-bond acceptors (Lipinski definition) is 3. The van der Waals surface area contributed by atoms with E-state index < -0.39 is 0 Å². The van der Waals surface area contributed by atoms with Crippen molar-refractivity contribution in [1.82, 2.24) is 14.9 Å². The second-order valence-corrected chi connectivity index (χ2v) is 7.87. The normalized spacial score (nSPS) is 17.2. The van der Waals surface area contributed by atoms with Crippen molar-refractivity contribution in [3.63, 3.8) is 0 Å². The first-order valence-electron chi connectivity index (χ1n) is 8.10. The maximum atomic E-state index is 13.1. The van der Waals surface area contributed by atoms with Gasteiger partial charge in [0.15, 0.2) is 0 Å². The summed E-state index contributed by atoms with van der Waals surface area (Å²) < 4.78 is 1.84. The van der Waals surface area contributed by atoms with Crippen molar-refractivity contribution in [2.24, 2.45) is 0 Å². The monoisotopic (exact) mass is 459 g/mol. The smallest absolute Gasteiger partial charge is 0.272 e. The minimum absolute atomic E-state index is 0.0176. The highest BCUT2D eigenvalue weighted by molar-refractivity contribution is 9.11. The number of pyridine rings is 2. The van der Waals surface area contributed by atoms with Crippen LogP contribution in [0.3, 0.4) is 0 Å². The van der Waals surface area contributed by atoms with Gasteiger partial charge in [-0.05, 0) is 58.6 Å². The summed E-state index contributed by atoms with van der Waals surface area (Å²) in [5.74, 6) is -0.0176. The highest BCUT2D eigenvalue weighted by Gasteiger charge is 2.31. The van der Waals surface area contributed by atoms with Gasteiger partial charge in [0.25, 0.3) is 5.91 Å². The van der Waals surface area contributed by atoms with Crippen molar-refractivity contribution in [2.45, 2.75) is 18.9 Å². The number of benzene rings is 1. The van der Waals surface area contributed by atoms with Crippen LogP contribution in [0.4, 0.5) is 0 Å². The molecule has 1 fully saturated rings. The third kappa shape index (κ3) is 3.20. The average molecular weight is 461 g/mol. The Morgan fingerprint density at radius 1 is 1.08 bits per heavy atom. The molecule has 0 N–H and O–H groups in total. The van der Waals surface area contributed by atoms with Crippen LogP contribution >= 0.6 is 31.9 Å². The van der Waals surface area contributed by atoms with Crippen LogP contribution in [0.15, 0.2) is 57.7 Å². The van der Waals surface area contributed by atoms with E-state index in [9.17, 15) is 4.79 Å². The van der Waals surface area contributed by atoms with E-state index >= 15 is 0 Å². The number of nitrogens with zero attached hydrogens (tertiary/aromatic N) is 3. The van der Waals surface area contributed by atoms with Crippen molar-refractivity contribution in [1.29, 1.82) is 0 Å². The SMILES string of the molecule is O=C(c1ccc2cncc(Br)c2n1)N1CCC[C@H]1c1ccc(Br)cc1. The summed E-state index contributed by atoms with van der Waals surface area (Å²) in [5, 5.41) is 0.914. The van der Waals surface area contributed by atoms with Crippen LogP contribution in [0.1, 0.15) is 34.9 Å². The number of likely N-dealkylation sites (tertiary alicyclic amines) is 1. The molecule has 0 unspecified atom stereocenters. The third-order valence-electron chi connectivity index (χ3n) is 4.54. The first-order valence-corrected chi connectivity index (χ1v) is 9.69. The molecule has 1 aliphatic rings. The van der Waals surface area contributed by atoms with Crippen molar-refractivity contribution in [3.05, 3.63) is 69.0 Å². The average Bonchev–Trinajstić information content (AvgIpc) is 3.11. The van der Waals surface area contributed by atoms with E-state index in [2.05, 4.69) is 54.0 Å². The molecule has 0 aliphatic carbocycles. The standard InChI is InChI=1S/C19H15Br2N3O/c20-14-6-3-12(4-7-14)17-2-1-9-24(17)19(25)16-8-5-13-10-22-11-15(21)18(13)23-16/h3-8,10-11,17H,1-2,9H2/t17-/m0/s1. The molecule has 6 heteroatoms. The summed E-state index contributed by atoms with van der Waals surface area (Å²) in [6.07, 6.45) is 5.44. The summed E-state index contributed by atoms with van der Waals surface area (Å²) in [6.45, 7) is 0.761. The van der Waals surface area contributed by atoms with Gasteiger partial charge < -0.3 is 4.90 Å². The molecule has 126 valence electrons. The second kappa shape index (κ2) is 6.84. The van der Waals surface area contributed by atoms with Crippen molar-refractivity contribution < 1.29 is 4.79 Å². The zero-order valence-corrected chi connectivity index (χ0v) is 16.5. The molecule has 3 heterocycles. The molecule has 1 atom stereocenters. The number of aromatic nitrogens is 2. The minimum atomic E-state index is -0.0176. The van der Waals surface area contributed by atoms with E-state index in [0.717, 1.165) is 39.2 Å². The van der Waals surface area contributed by atoms with Crippen LogP contribution in [0, 0.1) is 0 Å². The van der Waals surface area contributed by atoms with Crippen molar-refractivity contribution >= 4 is 48.7 Å². The number of halogens is 2. The Bertz CT molecular complexity index is 943. The summed E-state index contributed by atoms with van der Waals surface area (Å²) in [6, 6.07) is 12.0. The zero-order valence-electron chi connectivity index (χ0n) is 13.3. The molecular weight excluding hydrogens is 446 g/mol. The minimum Gasteiger partial charge on any atom is -0.330 e. The third-order valence-corrected chi connectivity index (χ3v) is 5.65. The Morgan fingerprint density at radius 3 is 2.68 bits per heavy atom. The van der Waals surface area contributed by atoms with E-state index in [-0.39, 0.29) is 11.9 Å². The number of carbonyl (C=O) groups is 1. The molecule has 0 saturated carbocycles. The highest BCUT2D eigenvalue weighted by atomic mass is 79.9. The first-order chi connectivity index (χ1) is 12.1. The lowest BCUT2D eigenvalue weighted by molar-refractivity contribution is 0.0730. The van der Waals surface area contributed by atoms with E-state index in [1.807, 2.05) is 23.1 Å². The highest BCUT2D eigenvalue weighted by Crippen LogP contribution is 2.33. The molecule has 1 aliphatic heterocycles. The van der Waals surface area contributed by atoms with Crippen molar-refractivity contribution in [3.8, 4) is 0 Å². The fourth-order valence-corrected chi connectivity index (χ4v) is 4.02. The molecule has 0 spiro atoms. The number of amides is 1. The molecule has 1 aromatic carbocycles. The largest absolute Gasteiger partial charge is 0.330 e. The van der Waals surface area contributed by atoms with E-state index in [4.69, 9.17) is 0 Å². The maximum absolute atomic E-state index is 13.1. The first kappa shape index (κ1) is 16.7. The predicted molar refractivity (Wildman–Crippen MR) is 104 cm³/mol. The Hall–Kier alpha value is -1.79. The van der Waals surface area contributed by atoms with Gasteiger partial charge in [0.2, 0.25) is 0 Å². The lowest BCUT2D eigenvalue weighted by Gasteiger charge is -2.25. The van der Waals surface area contributed by atoms with Crippen LogP contribution in [-0.4, -0.2) is 27.3 Å². The van der Waals surface area contributed by atoms with Gasteiger partial charge in [0.1, 0.15) is 5.69 Å². The maximum Gasteiger partial charge on any atom is 0.272 e. The molecule has 4 rings (SSSR count). The lowest BCUT2D eigenvalue weighted by Crippen LogP contribution is -2.31. The number of carbonyl (C=O) groups excluding carboxylic acids is 1. The summed E-state index contributed by atoms with van der Waals surface area (Å²) >= 11 is 6.93. The van der Waals surface area contributed by atoms with Crippen LogP contribution in [0.25, 0.3) is 10.9 Å². The van der Waals surface area contributed by atoms with Gasteiger partial charge in [0.05, 0.1) is 16.0 Å². The molecular formula is C19H15Br2N3O. The number of hydrogen-bond donors (Lipinski definition) is 0. The van der Waals surface area contributed by atoms with Gasteiger partial charge in [-0.25, -0.2) is 4.98 Å². The van der Waals surface area contributed by atoms with Gasteiger partial charge in [-0.15, -0.1) is 0 Å². The molecule has 3 aromatic rings. The topological polar surface area (TPSA) is 46.1 Å². The van der Waals surface area contributed by atoms with Gasteiger partial charge in [-0.3, -0.25) is 9.78 Å². The van der Waals surface area contributed by atoms with Crippen LogP contribution in [0.5, 0.6) is 0 Å². The van der Waals surface area contributed by atoms with Gasteiger partial charge in [0, 0.05) is 28.8 Å². The second-order valence-electron chi connectivity index (χ2n) is 6.10. The van der Waals surface area contributed by atoms with E-state index in [1.165, 1.54) is 5.56 Å². The molecule has 0 radical (unpaired) electrons. The quantitative estimate of drug-likeness (QED) is 0.532. The Balaban J connectivity index is 1.67. The molecule has 2 aromatic heterocycles. The van der Waals surface area contributed by atoms with Crippen LogP contribution in [0.2, 0.25) is 0 Å². The molecule has 0 bridgehead atoms. The number of rotatable bonds is 2. The Morgan fingerprint density at radius 2 is 1.88 bits per heavy atom. The Kier molecular flexibility index (Phi) is 4.56. The van der Waals surface area contributed by atoms with Gasteiger partial charge in [-0.2, -0.15) is 0 Å². The van der Waals surface area contributed by atoms with Gasteiger partial charge >= 0.3 is 0 Å². The van der Waals surface area contributed by atoms with Crippen LogP contribution < -0.4 is 0 Å². The number of fused-ring (bicyclic) bond motifs is 1. The van der Waals surface area contributed by atoms with Gasteiger partial charge in [-0.1, -0.05) is 28.1 Å². The molecule has 25 heavy (non-hydrogen) atoms. The summed E-state index contributed by atoms with van der Waals surface area (Å²) in [4.78, 5) is 23.7. The fraction of sp³-hybridized carbons (Fsp3) is 0.211. The van der Waals surface area contributed by atoms with E-state index in [1.54, 1.807) is 18.5 Å². The van der Waals surface area contributed by atoms with E-state index in [0.29, 0.717) is 5.69 Å². The summed E-state index contributed by atoms with van der Waals surface area (Å²) in [7, 11) is 0. The Labute approximate surface area is 162 Å². The molecule has 1 saturated heterocycles. The fourth-order valence-electron chi connectivity index (χ4n) is 3.32. The van der Waals surface area contributed by atoms with Crippen LogP contribution in [-0.2, 0) is 0 Å². The zero-order chi connectivity index (χ0) is 17.4. The molecule has 4 nitrogen and oxygen atoms in total. The molecule has 1 amide bonds. The lowest BCUT2D eigenvalue weighted by atomic mass is 10.0. The summed E-state index contributed by atoms with van der Waals surface area (Å²) in [5.41, 5.74) is 2.41.